The number of rotatable bonds is 30. The van der Waals surface area contributed by atoms with Crippen LogP contribution in [0.4, 0.5) is 0 Å². The Labute approximate surface area is 394 Å². The second kappa shape index (κ2) is 32.9. The zero-order valence-corrected chi connectivity index (χ0v) is 38.8. The molecule has 0 aromatic rings. The molecule has 3 fully saturated rings. The first kappa shape index (κ1) is 58.5. The molecule has 17 unspecified atom stereocenters. The Morgan fingerprint density at radius 1 is 0.552 bits per heavy atom. The van der Waals surface area contributed by atoms with Gasteiger partial charge in [-0.2, -0.15) is 0 Å². The summed E-state index contributed by atoms with van der Waals surface area (Å²) in [5.74, 6) is -0.346. The quantitative estimate of drug-likeness (QED) is 0.0342. The van der Waals surface area contributed by atoms with Gasteiger partial charge >= 0.3 is 0 Å². The Hall–Kier alpha value is -2.77. The Morgan fingerprint density at radius 2 is 1.01 bits per heavy atom. The smallest absolute Gasteiger partial charge is 0.220 e. The Morgan fingerprint density at radius 3 is 1.54 bits per heavy atom. The van der Waals surface area contributed by atoms with E-state index in [0.29, 0.717) is 19.3 Å². The van der Waals surface area contributed by atoms with Gasteiger partial charge in [0.25, 0.3) is 0 Å². The minimum Gasteiger partial charge on any atom is -0.394 e. The standard InChI is InChI=1S/C48H79NO18/c1-3-5-7-9-10-11-12-13-14-15-16-17-18-19-20-22-24-26-36(54)49-31(32(53)25-23-21-8-6-4-2)30-62-46-42(60)39(57)44(34(28-51)64-46)67-48-43(61)40(58)45(35(29-52)65-48)66-47-41(59)38(56)37(55)33(27-50)63-47/h5,7,10-11,13-14,16-17,19-20,23,25,31-35,37-48,50-53,55-61H,3-4,6,8-9,12,15,18,21-22,24,26-30H2,1-2H3,(H,49,54)/b7-5-,11-10-,14-13-,17-16-,20-19-,25-23+. The molecule has 17 atom stereocenters. The molecule has 67 heavy (non-hydrogen) atoms. The zero-order chi connectivity index (χ0) is 49.1. The first-order chi connectivity index (χ1) is 32.3. The maximum absolute atomic E-state index is 13.1. The number of aliphatic hydroxyl groups is 11. The normalized spacial score (nSPS) is 34.1. The Balaban J connectivity index is 1.54. The summed E-state index contributed by atoms with van der Waals surface area (Å²) in [6.07, 6.45) is 7.06. The summed E-state index contributed by atoms with van der Waals surface area (Å²) >= 11 is 0. The second-order valence-electron chi connectivity index (χ2n) is 16.8. The van der Waals surface area contributed by atoms with E-state index in [1.165, 1.54) is 0 Å². The summed E-state index contributed by atoms with van der Waals surface area (Å²) in [4.78, 5) is 13.1. The number of carbonyl (C=O) groups is 1. The lowest BCUT2D eigenvalue weighted by atomic mass is 9.96. The molecule has 0 bridgehead atoms. The summed E-state index contributed by atoms with van der Waals surface area (Å²) in [7, 11) is 0. The van der Waals surface area contributed by atoms with Crippen molar-refractivity contribution in [2.24, 2.45) is 0 Å². The topological polar surface area (TPSA) is 307 Å². The molecule has 3 rings (SSSR count). The molecule has 3 heterocycles. The van der Waals surface area contributed by atoms with Crippen LogP contribution in [-0.2, 0) is 33.2 Å². The van der Waals surface area contributed by atoms with Gasteiger partial charge in [0.05, 0.1) is 38.6 Å². The highest BCUT2D eigenvalue weighted by molar-refractivity contribution is 5.76. The molecule has 12 N–H and O–H groups in total. The van der Waals surface area contributed by atoms with Gasteiger partial charge in [-0.15, -0.1) is 0 Å². The van der Waals surface area contributed by atoms with Gasteiger partial charge in [0.1, 0.15) is 73.2 Å². The molecule has 0 spiro atoms. The van der Waals surface area contributed by atoms with E-state index in [-0.39, 0.29) is 18.9 Å². The molecule has 0 aliphatic carbocycles. The molecule has 19 nitrogen and oxygen atoms in total. The van der Waals surface area contributed by atoms with E-state index < -0.39 is 124 Å². The Kier molecular flexibility index (Phi) is 28.8. The summed E-state index contributed by atoms with van der Waals surface area (Å²) < 4.78 is 33.9. The maximum Gasteiger partial charge on any atom is 0.220 e. The second-order valence-corrected chi connectivity index (χ2v) is 16.8. The van der Waals surface area contributed by atoms with Crippen LogP contribution in [0.1, 0.15) is 90.9 Å². The number of hydrogen-bond acceptors (Lipinski definition) is 18. The number of aliphatic hydroxyl groups excluding tert-OH is 11. The molecule has 384 valence electrons. The monoisotopic (exact) mass is 958 g/mol. The SMILES string of the molecule is CC/C=C\C/C=C\C/C=C\C/C=C\C/C=C\CCCC(=O)NC(COC1OC(CO)C(OC2OC(CO)C(OC3OC(CO)C(O)C(O)C3O)C(O)C2O)C(O)C1O)C(O)/C=C/CCCCC. The lowest BCUT2D eigenvalue weighted by molar-refractivity contribution is -0.379. The van der Waals surface area contributed by atoms with Crippen LogP contribution < -0.4 is 5.32 Å². The first-order valence-electron chi connectivity index (χ1n) is 23.7. The van der Waals surface area contributed by atoms with Crippen molar-refractivity contribution in [3.05, 3.63) is 72.9 Å². The highest BCUT2D eigenvalue weighted by atomic mass is 16.8. The van der Waals surface area contributed by atoms with Crippen molar-refractivity contribution in [2.45, 2.75) is 195 Å². The summed E-state index contributed by atoms with van der Waals surface area (Å²) in [6, 6.07) is -1.00. The fourth-order valence-electron chi connectivity index (χ4n) is 7.52. The number of amides is 1. The van der Waals surface area contributed by atoms with Crippen molar-refractivity contribution in [3.8, 4) is 0 Å². The molecule has 0 radical (unpaired) electrons. The van der Waals surface area contributed by atoms with E-state index >= 15 is 0 Å². The van der Waals surface area contributed by atoms with E-state index in [2.05, 4.69) is 67.8 Å². The highest BCUT2D eigenvalue weighted by Crippen LogP contribution is 2.33. The van der Waals surface area contributed by atoms with Crippen molar-refractivity contribution < 1.29 is 89.4 Å². The largest absolute Gasteiger partial charge is 0.394 e. The lowest BCUT2D eigenvalue weighted by Crippen LogP contribution is -2.66. The van der Waals surface area contributed by atoms with Crippen LogP contribution in [0.15, 0.2) is 72.9 Å². The van der Waals surface area contributed by atoms with Gasteiger partial charge in [0.15, 0.2) is 18.9 Å². The molecular weight excluding hydrogens is 879 g/mol. The fraction of sp³-hybridized carbons (Fsp3) is 0.729. The van der Waals surface area contributed by atoms with E-state index in [9.17, 15) is 61.0 Å². The van der Waals surface area contributed by atoms with E-state index in [1.54, 1.807) is 6.08 Å². The van der Waals surface area contributed by atoms with Crippen LogP contribution in [-0.4, -0.2) is 193 Å². The third-order valence-corrected chi connectivity index (χ3v) is 11.5. The van der Waals surface area contributed by atoms with Gasteiger partial charge in [-0.1, -0.05) is 99.6 Å². The number of hydrogen-bond donors (Lipinski definition) is 12. The molecule has 3 aliphatic rings. The van der Waals surface area contributed by atoms with Gasteiger partial charge < -0.3 is 89.9 Å². The van der Waals surface area contributed by atoms with Crippen molar-refractivity contribution in [1.29, 1.82) is 0 Å². The molecule has 3 saturated heterocycles. The average molecular weight is 958 g/mol. The maximum atomic E-state index is 13.1. The number of unbranched alkanes of at least 4 members (excludes halogenated alkanes) is 4. The van der Waals surface area contributed by atoms with Gasteiger partial charge in [0.2, 0.25) is 5.91 Å². The van der Waals surface area contributed by atoms with Crippen LogP contribution in [0.3, 0.4) is 0 Å². The lowest BCUT2D eigenvalue weighted by Gasteiger charge is -2.48. The van der Waals surface area contributed by atoms with Gasteiger partial charge in [-0.25, -0.2) is 0 Å². The zero-order valence-electron chi connectivity index (χ0n) is 38.8. The predicted octanol–water partition coefficient (Wildman–Crippen LogP) is 0.355. The highest BCUT2D eigenvalue weighted by Gasteiger charge is 2.53. The molecule has 0 saturated carbocycles. The third-order valence-electron chi connectivity index (χ3n) is 11.5. The molecule has 3 aliphatic heterocycles. The molecular formula is C48H79NO18. The van der Waals surface area contributed by atoms with E-state index in [0.717, 1.165) is 51.4 Å². The number of allylic oxidation sites excluding steroid dienone is 11. The van der Waals surface area contributed by atoms with Crippen molar-refractivity contribution in [3.63, 3.8) is 0 Å². The number of carbonyl (C=O) groups excluding carboxylic acids is 1. The summed E-state index contributed by atoms with van der Waals surface area (Å²) in [5, 5.41) is 119. The van der Waals surface area contributed by atoms with Crippen molar-refractivity contribution in [2.75, 3.05) is 26.4 Å². The minimum atomic E-state index is -1.98. The fourth-order valence-corrected chi connectivity index (χ4v) is 7.52. The molecule has 1 amide bonds. The third kappa shape index (κ3) is 19.5. The molecule has 0 aromatic carbocycles. The van der Waals surface area contributed by atoms with Crippen LogP contribution in [0.5, 0.6) is 0 Å². The van der Waals surface area contributed by atoms with Crippen LogP contribution in [0.2, 0.25) is 0 Å². The average Bonchev–Trinajstić information content (AvgIpc) is 3.32. The van der Waals surface area contributed by atoms with Crippen LogP contribution in [0.25, 0.3) is 0 Å². The predicted molar refractivity (Wildman–Crippen MR) is 245 cm³/mol. The number of nitrogens with one attached hydrogen (secondary N) is 1. The summed E-state index contributed by atoms with van der Waals surface area (Å²) in [6.45, 7) is 1.36. The molecule has 19 heteroatoms. The Bertz CT molecular complexity index is 1520. The van der Waals surface area contributed by atoms with Crippen LogP contribution in [0, 0.1) is 0 Å². The van der Waals surface area contributed by atoms with Gasteiger partial charge in [-0.3, -0.25) is 4.79 Å². The summed E-state index contributed by atoms with van der Waals surface area (Å²) in [5.41, 5.74) is 0. The van der Waals surface area contributed by atoms with Gasteiger partial charge in [-0.05, 0) is 57.8 Å². The molecule has 0 aromatic heterocycles. The minimum absolute atomic E-state index is 0.159. The van der Waals surface area contributed by atoms with Gasteiger partial charge in [0, 0.05) is 6.42 Å². The first-order valence-corrected chi connectivity index (χ1v) is 23.7. The van der Waals surface area contributed by atoms with E-state index in [1.807, 2.05) is 18.2 Å². The van der Waals surface area contributed by atoms with Crippen molar-refractivity contribution in [1.82, 2.24) is 5.32 Å². The number of ether oxygens (including phenoxy) is 6. The van der Waals surface area contributed by atoms with Crippen LogP contribution >= 0.6 is 0 Å². The van der Waals surface area contributed by atoms with Crippen molar-refractivity contribution >= 4 is 5.91 Å². The van der Waals surface area contributed by atoms with E-state index in [4.69, 9.17) is 28.4 Å².